The van der Waals surface area contributed by atoms with Crippen molar-refractivity contribution in [2.45, 2.75) is 13.5 Å². The average Bonchev–Trinajstić information content (AvgIpc) is 2.39. The molecule has 2 aromatic rings. The Morgan fingerprint density at radius 3 is 2.60 bits per heavy atom. The summed E-state index contributed by atoms with van der Waals surface area (Å²) in [7, 11) is 0. The van der Waals surface area contributed by atoms with Gasteiger partial charge in [-0.3, -0.25) is 5.41 Å². The molecule has 0 aliphatic carbocycles. The van der Waals surface area contributed by atoms with Gasteiger partial charge in [0.05, 0.1) is 0 Å². The molecule has 0 unspecified atom stereocenters. The number of amidine groups is 1. The third-order valence-corrected chi connectivity index (χ3v) is 2.82. The molecule has 0 radical (unpaired) electrons. The third-order valence-electron chi connectivity index (χ3n) is 2.82. The molecule has 0 saturated heterocycles. The minimum absolute atomic E-state index is 0.0700. The van der Waals surface area contributed by atoms with Crippen molar-refractivity contribution in [3.63, 3.8) is 0 Å². The van der Waals surface area contributed by atoms with Crippen LogP contribution < -0.4 is 10.5 Å². The van der Waals surface area contributed by atoms with Crippen molar-refractivity contribution >= 4 is 5.84 Å². The van der Waals surface area contributed by atoms with E-state index in [1.54, 1.807) is 25.1 Å². The van der Waals surface area contributed by atoms with Crippen molar-refractivity contribution in [3.05, 3.63) is 64.7 Å². The summed E-state index contributed by atoms with van der Waals surface area (Å²) in [5, 5.41) is 7.30. The molecule has 0 aliphatic heterocycles. The topological polar surface area (TPSA) is 59.1 Å². The quantitative estimate of drug-likeness (QED) is 0.665. The Morgan fingerprint density at radius 1 is 1.20 bits per heavy atom. The van der Waals surface area contributed by atoms with Gasteiger partial charge in [0.2, 0.25) is 0 Å². The Labute approximate surface area is 115 Å². The number of aryl methyl sites for hydroxylation is 1. The van der Waals surface area contributed by atoms with Crippen LogP contribution in [-0.4, -0.2) is 5.84 Å². The van der Waals surface area contributed by atoms with Crippen LogP contribution in [0.4, 0.5) is 8.78 Å². The van der Waals surface area contributed by atoms with Gasteiger partial charge in [0, 0.05) is 11.6 Å². The highest BCUT2D eigenvalue weighted by atomic mass is 19.1. The van der Waals surface area contributed by atoms with E-state index in [1.165, 1.54) is 18.2 Å². The SMILES string of the molecule is Cc1ccc(OCc2cc(F)cc(C(=N)N)c2)cc1F. The molecule has 0 heterocycles. The summed E-state index contributed by atoms with van der Waals surface area (Å²) in [5.74, 6) is -0.702. The number of halogens is 2. The minimum Gasteiger partial charge on any atom is -0.489 e. The van der Waals surface area contributed by atoms with E-state index in [9.17, 15) is 8.78 Å². The molecule has 2 rings (SSSR count). The first kappa shape index (κ1) is 14.0. The molecule has 0 aromatic heterocycles. The van der Waals surface area contributed by atoms with Crippen LogP contribution in [0.5, 0.6) is 5.75 Å². The molecular formula is C15H14F2N2O. The number of hydrogen-bond acceptors (Lipinski definition) is 2. The van der Waals surface area contributed by atoms with Crippen LogP contribution >= 0.6 is 0 Å². The van der Waals surface area contributed by atoms with Gasteiger partial charge in [-0.25, -0.2) is 8.78 Å². The first-order valence-electron chi connectivity index (χ1n) is 5.98. The molecule has 0 fully saturated rings. The maximum Gasteiger partial charge on any atom is 0.129 e. The van der Waals surface area contributed by atoms with Gasteiger partial charge < -0.3 is 10.5 Å². The number of hydrogen-bond donors (Lipinski definition) is 2. The molecular weight excluding hydrogens is 262 g/mol. The Bertz CT molecular complexity index is 656. The molecule has 0 bridgehead atoms. The van der Waals surface area contributed by atoms with Crippen LogP contribution in [-0.2, 0) is 6.61 Å². The van der Waals surface area contributed by atoms with Gasteiger partial charge in [-0.05, 0) is 42.3 Å². The zero-order valence-corrected chi connectivity index (χ0v) is 10.9. The maximum absolute atomic E-state index is 13.4. The predicted molar refractivity (Wildman–Crippen MR) is 72.9 cm³/mol. The highest BCUT2D eigenvalue weighted by molar-refractivity contribution is 5.95. The van der Waals surface area contributed by atoms with E-state index in [0.29, 0.717) is 22.4 Å². The zero-order valence-electron chi connectivity index (χ0n) is 10.9. The molecule has 0 saturated carbocycles. The monoisotopic (exact) mass is 276 g/mol. The number of nitrogens with one attached hydrogen (secondary N) is 1. The zero-order chi connectivity index (χ0) is 14.7. The summed E-state index contributed by atoms with van der Waals surface area (Å²) in [6.07, 6.45) is 0. The Kier molecular flexibility index (Phi) is 3.98. The van der Waals surface area contributed by atoms with Crippen LogP contribution in [0.3, 0.4) is 0 Å². The standard InChI is InChI=1S/C15H14F2N2O/c1-9-2-3-13(7-14(9)17)20-8-10-4-11(15(18)19)6-12(16)5-10/h2-7H,8H2,1H3,(H3,18,19). The minimum atomic E-state index is -0.494. The summed E-state index contributed by atoms with van der Waals surface area (Å²) in [6.45, 7) is 1.73. The van der Waals surface area contributed by atoms with Gasteiger partial charge in [0.25, 0.3) is 0 Å². The molecule has 0 amide bonds. The lowest BCUT2D eigenvalue weighted by molar-refractivity contribution is 0.304. The molecule has 2 aromatic carbocycles. The van der Waals surface area contributed by atoms with Crippen molar-refractivity contribution in [2.75, 3.05) is 0 Å². The van der Waals surface area contributed by atoms with Crippen molar-refractivity contribution in [1.82, 2.24) is 0 Å². The molecule has 0 spiro atoms. The van der Waals surface area contributed by atoms with E-state index in [-0.39, 0.29) is 18.3 Å². The van der Waals surface area contributed by atoms with E-state index in [0.717, 1.165) is 0 Å². The fourth-order valence-corrected chi connectivity index (χ4v) is 1.72. The lowest BCUT2D eigenvalue weighted by Crippen LogP contribution is -2.12. The molecule has 104 valence electrons. The average molecular weight is 276 g/mol. The number of ether oxygens (including phenoxy) is 1. The van der Waals surface area contributed by atoms with Crippen molar-refractivity contribution in [3.8, 4) is 5.75 Å². The summed E-state index contributed by atoms with van der Waals surface area (Å²) < 4.78 is 32.1. The van der Waals surface area contributed by atoms with Crippen molar-refractivity contribution in [2.24, 2.45) is 5.73 Å². The fourth-order valence-electron chi connectivity index (χ4n) is 1.72. The molecule has 5 heteroatoms. The second-order valence-electron chi connectivity index (χ2n) is 4.46. The number of nitrogens with two attached hydrogens (primary N) is 1. The summed E-state index contributed by atoms with van der Waals surface area (Å²) in [5.41, 5.74) is 6.67. The Balaban J connectivity index is 2.14. The van der Waals surface area contributed by atoms with Gasteiger partial charge in [-0.2, -0.15) is 0 Å². The van der Waals surface area contributed by atoms with Crippen LogP contribution in [0.2, 0.25) is 0 Å². The van der Waals surface area contributed by atoms with Crippen LogP contribution in [0.1, 0.15) is 16.7 Å². The van der Waals surface area contributed by atoms with Gasteiger partial charge in [0.15, 0.2) is 0 Å². The van der Waals surface area contributed by atoms with E-state index in [4.69, 9.17) is 15.9 Å². The van der Waals surface area contributed by atoms with Gasteiger partial charge in [-0.15, -0.1) is 0 Å². The molecule has 3 nitrogen and oxygen atoms in total. The van der Waals surface area contributed by atoms with E-state index in [1.807, 2.05) is 0 Å². The molecule has 20 heavy (non-hydrogen) atoms. The van der Waals surface area contributed by atoms with Crippen molar-refractivity contribution < 1.29 is 13.5 Å². The normalized spacial score (nSPS) is 10.3. The van der Waals surface area contributed by atoms with Gasteiger partial charge in [0.1, 0.15) is 29.8 Å². The first-order valence-corrected chi connectivity index (χ1v) is 5.98. The second kappa shape index (κ2) is 5.69. The second-order valence-corrected chi connectivity index (χ2v) is 4.46. The summed E-state index contributed by atoms with van der Waals surface area (Å²) in [4.78, 5) is 0. The van der Waals surface area contributed by atoms with E-state index in [2.05, 4.69) is 0 Å². The third kappa shape index (κ3) is 3.32. The highest BCUT2D eigenvalue weighted by Gasteiger charge is 2.05. The highest BCUT2D eigenvalue weighted by Crippen LogP contribution is 2.18. The number of nitrogen functional groups attached to an aromatic ring is 1. The summed E-state index contributed by atoms with van der Waals surface area (Å²) in [6, 6.07) is 8.56. The van der Waals surface area contributed by atoms with Crippen molar-refractivity contribution in [1.29, 1.82) is 5.41 Å². The first-order chi connectivity index (χ1) is 9.45. The molecule has 0 atom stereocenters. The number of benzene rings is 2. The van der Waals surface area contributed by atoms with Crippen LogP contribution in [0.25, 0.3) is 0 Å². The number of rotatable bonds is 4. The lowest BCUT2D eigenvalue weighted by Gasteiger charge is -2.09. The Morgan fingerprint density at radius 2 is 1.95 bits per heavy atom. The maximum atomic E-state index is 13.4. The molecule has 0 aliphatic rings. The smallest absolute Gasteiger partial charge is 0.129 e. The van der Waals surface area contributed by atoms with Gasteiger partial charge in [-0.1, -0.05) is 6.07 Å². The lowest BCUT2D eigenvalue weighted by atomic mass is 10.1. The largest absolute Gasteiger partial charge is 0.489 e. The summed E-state index contributed by atoms with van der Waals surface area (Å²) >= 11 is 0. The Hall–Kier alpha value is -2.43. The van der Waals surface area contributed by atoms with Gasteiger partial charge >= 0.3 is 0 Å². The fraction of sp³-hybridized carbons (Fsp3) is 0.133. The predicted octanol–water partition coefficient (Wildman–Crippen LogP) is 3.14. The van der Waals surface area contributed by atoms with E-state index >= 15 is 0 Å². The molecule has 3 N–H and O–H groups in total. The van der Waals surface area contributed by atoms with Crippen LogP contribution in [0, 0.1) is 24.0 Å². The van der Waals surface area contributed by atoms with E-state index < -0.39 is 5.82 Å². The van der Waals surface area contributed by atoms with Crippen LogP contribution in [0.15, 0.2) is 36.4 Å².